The van der Waals surface area contributed by atoms with Crippen LogP contribution in [0.2, 0.25) is 0 Å². The van der Waals surface area contributed by atoms with Crippen LogP contribution in [0.1, 0.15) is 39.0 Å². The topological polar surface area (TPSA) is 79.2 Å². The Morgan fingerprint density at radius 2 is 1.44 bits per heavy atom. The monoisotopic (exact) mass is 260 g/mol. The molecule has 0 aromatic carbocycles. The van der Waals surface area contributed by atoms with Gasteiger partial charge in [-0.2, -0.15) is 0 Å². The summed E-state index contributed by atoms with van der Waals surface area (Å²) in [7, 11) is 0. The van der Waals surface area contributed by atoms with Gasteiger partial charge in [0.1, 0.15) is 6.10 Å². The first-order valence-electron chi connectivity index (χ1n) is 6.93. The van der Waals surface area contributed by atoms with E-state index in [0.717, 1.165) is 25.7 Å². The number of rotatable bonds is 5. The Morgan fingerprint density at radius 3 is 1.89 bits per heavy atom. The highest BCUT2D eigenvalue weighted by Crippen LogP contribution is 2.33. The lowest BCUT2D eigenvalue weighted by molar-refractivity contribution is -0.113. The molecule has 0 aromatic rings. The van der Waals surface area contributed by atoms with Crippen LogP contribution in [0.25, 0.3) is 0 Å². The molecule has 0 unspecified atom stereocenters. The van der Waals surface area contributed by atoms with Gasteiger partial charge in [-0.15, -0.1) is 0 Å². The number of ether oxygens (including phenoxy) is 2. The van der Waals surface area contributed by atoms with Gasteiger partial charge >= 0.3 is 0 Å². The SMILES string of the molecule is CC[C@H](O)[C@H]1CC[C@H]([C@H]2CC[C@@H]([C@@H](O)CO)O2)O1. The first-order chi connectivity index (χ1) is 8.65. The Bertz CT molecular complexity index is 234. The highest BCUT2D eigenvalue weighted by atomic mass is 16.6. The molecule has 0 amide bonds. The Kier molecular flexibility index (Phi) is 4.98. The van der Waals surface area contributed by atoms with Crippen molar-refractivity contribution in [3.05, 3.63) is 0 Å². The molecule has 0 spiro atoms. The van der Waals surface area contributed by atoms with Gasteiger partial charge in [-0.25, -0.2) is 0 Å². The molecule has 2 saturated heterocycles. The van der Waals surface area contributed by atoms with E-state index in [1.807, 2.05) is 6.92 Å². The molecule has 0 saturated carbocycles. The summed E-state index contributed by atoms with van der Waals surface area (Å²) in [6.45, 7) is 1.68. The van der Waals surface area contributed by atoms with Crippen molar-refractivity contribution in [2.45, 2.75) is 75.7 Å². The predicted octanol–water partition coefficient (Wildman–Crippen LogP) is 0.206. The molecule has 5 heteroatoms. The highest BCUT2D eigenvalue weighted by Gasteiger charge is 2.40. The molecule has 3 N–H and O–H groups in total. The number of aliphatic hydroxyl groups is 3. The molecule has 5 nitrogen and oxygen atoms in total. The fraction of sp³-hybridized carbons (Fsp3) is 1.00. The van der Waals surface area contributed by atoms with Crippen LogP contribution < -0.4 is 0 Å². The van der Waals surface area contributed by atoms with Crippen molar-refractivity contribution in [1.29, 1.82) is 0 Å². The molecule has 6 atom stereocenters. The van der Waals surface area contributed by atoms with E-state index >= 15 is 0 Å². The van der Waals surface area contributed by atoms with Gasteiger partial charge in [0.15, 0.2) is 0 Å². The minimum Gasteiger partial charge on any atom is -0.394 e. The molecule has 2 aliphatic heterocycles. The molecular weight excluding hydrogens is 236 g/mol. The molecule has 0 bridgehead atoms. The summed E-state index contributed by atoms with van der Waals surface area (Å²) in [6, 6.07) is 0. The van der Waals surface area contributed by atoms with Crippen molar-refractivity contribution in [3.63, 3.8) is 0 Å². The second-order valence-corrected chi connectivity index (χ2v) is 5.31. The highest BCUT2D eigenvalue weighted by molar-refractivity contribution is 4.88. The number of hydrogen-bond donors (Lipinski definition) is 3. The van der Waals surface area contributed by atoms with Crippen LogP contribution >= 0.6 is 0 Å². The minimum atomic E-state index is -0.798. The maximum absolute atomic E-state index is 9.76. The molecule has 2 aliphatic rings. The molecule has 2 rings (SSSR count). The van der Waals surface area contributed by atoms with Gasteiger partial charge in [0.25, 0.3) is 0 Å². The number of hydrogen-bond acceptors (Lipinski definition) is 5. The summed E-state index contributed by atoms with van der Waals surface area (Å²) in [6.07, 6.45) is 2.54. The summed E-state index contributed by atoms with van der Waals surface area (Å²) >= 11 is 0. The van der Waals surface area contributed by atoms with Crippen molar-refractivity contribution in [2.24, 2.45) is 0 Å². The average Bonchev–Trinajstić information content (AvgIpc) is 3.04. The van der Waals surface area contributed by atoms with Gasteiger partial charge < -0.3 is 24.8 Å². The number of aliphatic hydroxyl groups excluding tert-OH is 3. The molecule has 0 aromatic heterocycles. The van der Waals surface area contributed by atoms with Gasteiger partial charge in [0.05, 0.1) is 37.1 Å². The minimum absolute atomic E-state index is 0.00902. The van der Waals surface area contributed by atoms with Crippen LogP contribution in [0.4, 0.5) is 0 Å². The van der Waals surface area contributed by atoms with Crippen LogP contribution in [0.5, 0.6) is 0 Å². The Hall–Kier alpha value is -0.200. The first kappa shape index (κ1) is 14.2. The van der Waals surface area contributed by atoms with Gasteiger partial charge in [0, 0.05) is 0 Å². The Morgan fingerprint density at radius 1 is 0.944 bits per heavy atom. The maximum Gasteiger partial charge on any atom is 0.103 e. The third-order valence-corrected chi connectivity index (χ3v) is 4.05. The Labute approximate surface area is 108 Å². The third-order valence-electron chi connectivity index (χ3n) is 4.05. The van der Waals surface area contributed by atoms with E-state index in [2.05, 4.69) is 0 Å². The summed E-state index contributed by atoms with van der Waals surface area (Å²) < 4.78 is 11.6. The summed E-state index contributed by atoms with van der Waals surface area (Å²) in [5.41, 5.74) is 0. The fourth-order valence-corrected chi connectivity index (χ4v) is 2.87. The van der Waals surface area contributed by atoms with Crippen molar-refractivity contribution in [2.75, 3.05) is 6.61 Å². The lowest BCUT2D eigenvalue weighted by atomic mass is 10.0. The van der Waals surface area contributed by atoms with Crippen LogP contribution in [0, 0.1) is 0 Å². The van der Waals surface area contributed by atoms with Crippen molar-refractivity contribution in [3.8, 4) is 0 Å². The third kappa shape index (κ3) is 3.03. The largest absolute Gasteiger partial charge is 0.394 e. The van der Waals surface area contributed by atoms with Crippen LogP contribution in [0.15, 0.2) is 0 Å². The van der Waals surface area contributed by atoms with Gasteiger partial charge in [-0.3, -0.25) is 0 Å². The maximum atomic E-state index is 9.76. The van der Waals surface area contributed by atoms with Crippen LogP contribution in [-0.2, 0) is 9.47 Å². The van der Waals surface area contributed by atoms with E-state index in [4.69, 9.17) is 14.6 Å². The van der Waals surface area contributed by atoms with Crippen molar-refractivity contribution >= 4 is 0 Å². The van der Waals surface area contributed by atoms with E-state index in [-0.39, 0.29) is 31.0 Å². The molecule has 18 heavy (non-hydrogen) atoms. The molecule has 0 radical (unpaired) electrons. The quantitative estimate of drug-likeness (QED) is 0.658. The standard InChI is InChI=1S/C13H24O5/c1-2-8(15)10-3-5-12(17-10)13-6-4-11(18-13)9(16)7-14/h8-16H,2-7H2,1H3/t8-,9-,10+,11-,12+,13+/m0/s1. The van der Waals surface area contributed by atoms with Crippen molar-refractivity contribution < 1.29 is 24.8 Å². The zero-order valence-corrected chi connectivity index (χ0v) is 10.9. The summed E-state index contributed by atoms with van der Waals surface area (Å²) in [5.74, 6) is 0. The Balaban J connectivity index is 1.81. The van der Waals surface area contributed by atoms with Gasteiger partial charge in [0.2, 0.25) is 0 Å². The van der Waals surface area contributed by atoms with Gasteiger partial charge in [-0.05, 0) is 32.1 Å². The average molecular weight is 260 g/mol. The smallest absolute Gasteiger partial charge is 0.103 e. The summed E-state index contributed by atoms with van der Waals surface area (Å²) in [5, 5.41) is 28.2. The van der Waals surface area contributed by atoms with E-state index in [0.29, 0.717) is 6.42 Å². The van der Waals surface area contributed by atoms with E-state index in [1.54, 1.807) is 0 Å². The lowest BCUT2D eigenvalue weighted by Gasteiger charge is -2.23. The van der Waals surface area contributed by atoms with E-state index < -0.39 is 12.2 Å². The zero-order valence-electron chi connectivity index (χ0n) is 10.9. The normalized spacial score (nSPS) is 40.0. The fourth-order valence-electron chi connectivity index (χ4n) is 2.87. The van der Waals surface area contributed by atoms with E-state index in [9.17, 15) is 10.2 Å². The molecular formula is C13H24O5. The lowest BCUT2D eigenvalue weighted by Crippen LogP contribution is -2.34. The molecule has 106 valence electrons. The summed E-state index contributed by atoms with van der Waals surface area (Å²) in [4.78, 5) is 0. The zero-order chi connectivity index (χ0) is 13.1. The van der Waals surface area contributed by atoms with Crippen LogP contribution in [0.3, 0.4) is 0 Å². The van der Waals surface area contributed by atoms with Gasteiger partial charge in [-0.1, -0.05) is 6.92 Å². The molecule has 2 fully saturated rings. The van der Waals surface area contributed by atoms with Crippen molar-refractivity contribution in [1.82, 2.24) is 0 Å². The predicted molar refractivity (Wildman–Crippen MR) is 65.2 cm³/mol. The first-order valence-corrected chi connectivity index (χ1v) is 6.93. The van der Waals surface area contributed by atoms with Crippen LogP contribution in [-0.4, -0.2) is 58.6 Å². The molecule has 0 aliphatic carbocycles. The second kappa shape index (κ2) is 6.30. The molecule has 2 heterocycles. The van der Waals surface area contributed by atoms with E-state index in [1.165, 1.54) is 0 Å². The second-order valence-electron chi connectivity index (χ2n) is 5.31.